The molecule has 0 bridgehead atoms. The molecule has 0 saturated carbocycles. The molecule has 106 valence electrons. The minimum Gasteiger partial charge on any atom is -0.493 e. The van der Waals surface area contributed by atoms with Gasteiger partial charge in [0.25, 0.3) is 0 Å². The molecule has 0 amide bonds. The van der Waals surface area contributed by atoms with E-state index in [0.717, 1.165) is 5.56 Å². The molecular formula is C16H18O4. The van der Waals surface area contributed by atoms with Crippen molar-refractivity contribution >= 4 is 5.97 Å². The van der Waals surface area contributed by atoms with E-state index >= 15 is 0 Å². The van der Waals surface area contributed by atoms with E-state index in [9.17, 15) is 4.79 Å². The second-order valence-corrected chi connectivity index (χ2v) is 4.94. The van der Waals surface area contributed by atoms with Crippen molar-refractivity contribution in [2.24, 2.45) is 0 Å². The normalized spacial score (nSPS) is 18.3. The molecule has 2 rings (SSSR count). The zero-order valence-corrected chi connectivity index (χ0v) is 11.7. The summed E-state index contributed by atoms with van der Waals surface area (Å²) in [5.41, 5.74) is 0.994. The second kappa shape index (κ2) is 5.82. The number of benzene rings is 1. The molecule has 4 nitrogen and oxygen atoms in total. The summed E-state index contributed by atoms with van der Waals surface area (Å²) in [6, 6.07) is 9.72. The predicted molar refractivity (Wildman–Crippen MR) is 74.4 cm³/mol. The van der Waals surface area contributed by atoms with Gasteiger partial charge in [0.2, 0.25) is 5.79 Å². The standard InChI is InChI=1S/C16H18O4/c1-4-18-14(12-8-6-5-7-9-12)10-13-11-15(17)20-16(2,3)19-13/h4-9,11,14H,1,10H2,2-3H3. The van der Waals surface area contributed by atoms with Crippen LogP contribution >= 0.6 is 0 Å². The van der Waals surface area contributed by atoms with Gasteiger partial charge < -0.3 is 14.2 Å². The number of ether oxygens (including phenoxy) is 3. The highest BCUT2D eigenvalue weighted by atomic mass is 16.7. The zero-order valence-electron chi connectivity index (χ0n) is 11.7. The molecule has 0 N–H and O–H groups in total. The first kappa shape index (κ1) is 14.2. The Morgan fingerprint density at radius 1 is 1.30 bits per heavy atom. The maximum absolute atomic E-state index is 11.5. The molecule has 1 aromatic carbocycles. The second-order valence-electron chi connectivity index (χ2n) is 4.94. The van der Waals surface area contributed by atoms with Crippen molar-refractivity contribution in [2.45, 2.75) is 32.2 Å². The number of hydrogen-bond acceptors (Lipinski definition) is 4. The third kappa shape index (κ3) is 3.63. The summed E-state index contributed by atoms with van der Waals surface area (Å²) in [6.07, 6.45) is 2.94. The molecule has 1 atom stereocenters. The summed E-state index contributed by atoms with van der Waals surface area (Å²) in [4.78, 5) is 11.5. The molecule has 0 spiro atoms. The van der Waals surface area contributed by atoms with Crippen LogP contribution in [-0.2, 0) is 19.0 Å². The Morgan fingerprint density at radius 3 is 2.60 bits per heavy atom. The highest BCUT2D eigenvalue weighted by Gasteiger charge is 2.31. The molecule has 1 heterocycles. The smallest absolute Gasteiger partial charge is 0.337 e. The summed E-state index contributed by atoms with van der Waals surface area (Å²) in [7, 11) is 0. The summed E-state index contributed by atoms with van der Waals surface area (Å²) < 4.78 is 16.2. The Labute approximate surface area is 118 Å². The summed E-state index contributed by atoms with van der Waals surface area (Å²) in [5, 5.41) is 0. The van der Waals surface area contributed by atoms with Gasteiger partial charge in [-0.15, -0.1) is 0 Å². The van der Waals surface area contributed by atoms with Crippen LogP contribution < -0.4 is 0 Å². The molecule has 0 fully saturated rings. The van der Waals surface area contributed by atoms with Crippen molar-refractivity contribution in [3.8, 4) is 0 Å². The molecule has 0 aromatic heterocycles. The molecule has 0 saturated heterocycles. The van der Waals surface area contributed by atoms with Gasteiger partial charge in [-0.3, -0.25) is 0 Å². The molecule has 1 aliphatic rings. The van der Waals surface area contributed by atoms with Gasteiger partial charge in [-0.25, -0.2) is 4.79 Å². The zero-order chi connectivity index (χ0) is 14.6. The molecule has 1 aromatic rings. The van der Waals surface area contributed by atoms with Crippen LogP contribution in [0, 0.1) is 0 Å². The van der Waals surface area contributed by atoms with Crippen LogP contribution in [0.1, 0.15) is 31.9 Å². The summed E-state index contributed by atoms with van der Waals surface area (Å²) >= 11 is 0. The van der Waals surface area contributed by atoms with E-state index in [1.165, 1.54) is 12.3 Å². The van der Waals surface area contributed by atoms with Crippen LogP contribution in [0.5, 0.6) is 0 Å². The van der Waals surface area contributed by atoms with E-state index in [1.807, 2.05) is 30.3 Å². The Hall–Kier alpha value is -2.23. The quantitative estimate of drug-likeness (QED) is 0.609. The fourth-order valence-electron chi connectivity index (χ4n) is 2.08. The first-order valence-corrected chi connectivity index (χ1v) is 6.44. The van der Waals surface area contributed by atoms with Crippen molar-refractivity contribution in [1.29, 1.82) is 0 Å². The highest BCUT2D eigenvalue weighted by Crippen LogP contribution is 2.31. The number of carbonyl (C=O) groups excluding carboxylic acids is 1. The lowest BCUT2D eigenvalue weighted by Gasteiger charge is -2.31. The Morgan fingerprint density at radius 2 is 2.00 bits per heavy atom. The van der Waals surface area contributed by atoms with E-state index in [4.69, 9.17) is 14.2 Å². The topological polar surface area (TPSA) is 44.8 Å². The lowest BCUT2D eigenvalue weighted by molar-refractivity contribution is -0.206. The van der Waals surface area contributed by atoms with E-state index in [0.29, 0.717) is 12.2 Å². The molecule has 4 heteroatoms. The number of rotatable bonds is 5. The van der Waals surface area contributed by atoms with E-state index in [-0.39, 0.29) is 6.10 Å². The minimum atomic E-state index is -0.948. The Kier molecular flexibility index (Phi) is 4.13. The van der Waals surface area contributed by atoms with Crippen LogP contribution in [0.25, 0.3) is 0 Å². The highest BCUT2D eigenvalue weighted by molar-refractivity contribution is 5.83. The first-order chi connectivity index (χ1) is 9.50. The average Bonchev–Trinajstić information content (AvgIpc) is 2.37. The van der Waals surface area contributed by atoms with Gasteiger partial charge in [-0.2, -0.15) is 0 Å². The van der Waals surface area contributed by atoms with Crippen LogP contribution in [0.15, 0.2) is 55.0 Å². The van der Waals surface area contributed by atoms with Crippen LogP contribution in [0.4, 0.5) is 0 Å². The van der Waals surface area contributed by atoms with Crippen LogP contribution in [-0.4, -0.2) is 11.8 Å². The van der Waals surface area contributed by atoms with Gasteiger partial charge in [0, 0.05) is 20.3 Å². The Balaban J connectivity index is 2.16. The lowest BCUT2D eigenvalue weighted by Crippen LogP contribution is -2.34. The maximum Gasteiger partial charge on any atom is 0.337 e. The lowest BCUT2D eigenvalue weighted by atomic mass is 10.0. The van der Waals surface area contributed by atoms with E-state index < -0.39 is 11.8 Å². The average molecular weight is 274 g/mol. The van der Waals surface area contributed by atoms with Crippen molar-refractivity contribution in [3.63, 3.8) is 0 Å². The summed E-state index contributed by atoms with van der Waals surface area (Å²) in [6.45, 7) is 6.98. The van der Waals surface area contributed by atoms with Crippen molar-refractivity contribution in [2.75, 3.05) is 0 Å². The van der Waals surface area contributed by atoms with Crippen molar-refractivity contribution < 1.29 is 19.0 Å². The monoisotopic (exact) mass is 274 g/mol. The molecule has 0 aliphatic carbocycles. The predicted octanol–water partition coefficient (Wildman–Crippen LogP) is 3.47. The maximum atomic E-state index is 11.5. The molecular weight excluding hydrogens is 256 g/mol. The summed E-state index contributed by atoms with van der Waals surface area (Å²) in [5.74, 6) is -0.806. The fraction of sp³-hybridized carbons (Fsp3) is 0.312. The number of hydrogen-bond donors (Lipinski definition) is 0. The fourth-order valence-corrected chi connectivity index (χ4v) is 2.08. The van der Waals surface area contributed by atoms with Gasteiger partial charge in [-0.05, 0) is 5.56 Å². The molecule has 0 radical (unpaired) electrons. The SMILES string of the molecule is C=COC(CC1=CC(=O)OC(C)(C)O1)c1ccccc1. The molecule has 20 heavy (non-hydrogen) atoms. The van der Waals surface area contributed by atoms with Gasteiger partial charge in [0.15, 0.2) is 0 Å². The van der Waals surface area contributed by atoms with Gasteiger partial charge >= 0.3 is 5.97 Å². The largest absolute Gasteiger partial charge is 0.493 e. The first-order valence-electron chi connectivity index (χ1n) is 6.44. The molecule has 1 unspecified atom stereocenters. The third-order valence-electron chi connectivity index (χ3n) is 2.82. The van der Waals surface area contributed by atoms with E-state index in [1.54, 1.807) is 13.8 Å². The van der Waals surface area contributed by atoms with Crippen molar-refractivity contribution in [1.82, 2.24) is 0 Å². The third-order valence-corrected chi connectivity index (χ3v) is 2.82. The van der Waals surface area contributed by atoms with E-state index in [2.05, 4.69) is 6.58 Å². The van der Waals surface area contributed by atoms with Gasteiger partial charge in [-0.1, -0.05) is 36.9 Å². The molecule has 1 aliphatic heterocycles. The van der Waals surface area contributed by atoms with Crippen LogP contribution in [0.2, 0.25) is 0 Å². The Bertz CT molecular complexity index is 517. The van der Waals surface area contributed by atoms with Gasteiger partial charge in [0.05, 0.1) is 12.3 Å². The van der Waals surface area contributed by atoms with Gasteiger partial charge in [0.1, 0.15) is 11.9 Å². The van der Waals surface area contributed by atoms with Crippen molar-refractivity contribution in [3.05, 3.63) is 60.6 Å². The number of cyclic esters (lactones) is 1. The minimum absolute atomic E-state index is 0.248. The van der Waals surface area contributed by atoms with Crippen LogP contribution in [0.3, 0.4) is 0 Å². The number of esters is 1. The number of carbonyl (C=O) groups is 1.